The van der Waals surface area contributed by atoms with Crippen LogP contribution in [0.3, 0.4) is 0 Å². The fraction of sp³-hybridized carbons (Fsp3) is 0.333. The van der Waals surface area contributed by atoms with Gasteiger partial charge >= 0.3 is 0 Å². The third-order valence-corrected chi connectivity index (χ3v) is 2.06. The van der Waals surface area contributed by atoms with Crippen LogP contribution in [0.5, 0.6) is 5.75 Å². The van der Waals surface area contributed by atoms with Crippen LogP contribution < -0.4 is 5.73 Å². The molecule has 0 aliphatic rings. The van der Waals surface area contributed by atoms with Gasteiger partial charge in [-0.05, 0) is 31.0 Å². The van der Waals surface area contributed by atoms with Crippen LogP contribution in [0.1, 0.15) is 12.0 Å². The Morgan fingerprint density at radius 3 is 2.77 bits per heavy atom. The van der Waals surface area contributed by atoms with E-state index in [-0.39, 0.29) is 10.8 Å². The zero-order valence-electron chi connectivity index (χ0n) is 7.06. The Bertz CT molecular complexity index is 304. The fourth-order valence-electron chi connectivity index (χ4n) is 1.07. The highest BCUT2D eigenvalue weighted by molar-refractivity contribution is 6.30. The van der Waals surface area contributed by atoms with Gasteiger partial charge in [0.25, 0.3) is 0 Å². The van der Waals surface area contributed by atoms with E-state index in [4.69, 9.17) is 17.3 Å². The van der Waals surface area contributed by atoms with Crippen LogP contribution in [-0.4, -0.2) is 11.7 Å². The summed E-state index contributed by atoms with van der Waals surface area (Å²) in [6.45, 7) is 0.518. The van der Waals surface area contributed by atoms with E-state index >= 15 is 0 Å². The second-order valence-corrected chi connectivity index (χ2v) is 3.19. The summed E-state index contributed by atoms with van der Waals surface area (Å²) in [5.41, 5.74) is 5.84. The maximum Gasteiger partial charge on any atom is 0.142 e. The highest BCUT2D eigenvalue weighted by Gasteiger charge is 2.06. The number of halogens is 2. The normalized spacial score (nSPS) is 10.4. The van der Waals surface area contributed by atoms with E-state index in [1.54, 1.807) is 0 Å². The number of hydrogen-bond donors (Lipinski definition) is 2. The molecule has 13 heavy (non-hydrogen) atoms. The van der Waals surface area contributed by atoms with Gasteiger partial charge in [-0.3, -0.25) is 0 Å². The first-order valence-electron chi connectivity index (χ1n) is 4.02. The lowest BCUT2D eigenvalue weighted by atomic mass is 10.1. The molecule has 1 aromatic rings. The number of benzene rings is 1. The predicted molar refractivity (Wildman–Crippen MR) is 50.5 cm³/mol. The first kappa shape index (κ1) is 10.3. The maximum absolute atomic E-state index is 12.9. The lowest BCUT2D eigenvalue weighted by molar-refractivity contribution is 0.464. The van der Waals surface area contributed by atoms with Gasteiger partial charge in [0.05, 0.1) is 5.02 Å². The topological polar surface area (TPSA) is 46.2 Å². The molecule has 3 N–H and O–H groups in total. The number of phenolic OH excluding ortho intramolecular Hbond substituents is 1. The average molecular weight is 204 g/mol. The summed E-state index contributed by atoms with van der Waals surface area (Å²) in [7, 11) is 0. The quantitative estimate of drug-likeness (QED) is 0.790. The minimum Gasteiger partial charge on any atom is -0.508 e. The second-order valence-electron chi connectivity index (χ2n) is 2.79. The van der Waals surface area contributed by atoms with Crippen molar-refractivity contribution >= 4 is 11.6 Å². The minimum absolute atomic E-state index is 0.0276. The molecule has 0 saturated heterocycles. The number of rotatable bonds is 3. The van der Waals surface area contributed by atoms with Gasteiger partial charge in [-0.25, -0.2) is 4.39 Å². The molecule has 0 unspecified atom stereocenters. The maximum atomic E-state index is 12.9. The fourth-order valence-corrected chi connectivity index (χ4v) is 1.23. The number of hydrogen-bond acceptors (Lipinski definition) is 2. The lowest BCUT2D eigenvalue weighted by Gasteiger charge is -2.04. The summed E-state index contributed by atoms with van der Waals surface area (Å²) in [4.78, 5) is 0. The van der Waals surface area contributed by atoms with Crippen LogP contribution in [0.2, 0.25) is 5.02 Å². The molecule has 0 bridgehead atoms. The van der Waals surface area contributed by atoms with Crippen molar-refractivity contribution in [1.29, 1.82) is 0 Å². The first-order valence-corrected chi connectivity index (χ1v) is 4.40. The summed E-state index contributed by atoms with van der Waals surface area (Å²) in [6, 6.07) is 2.45. The molecule has 1 aromatic carbocycles. The molecule has 0 amide bonds. The van der Waals surface area contributed by atoms with Gasteiger partial charge in [0, 0.05) is 6.07 Å². The number of nitrogens with two attached hydrogens (primary N) is 1. The summed E-state index contributed by atoms with van der Waals surface area (Å²) in [5.74, 6) is -0.480. The lowest BCUT2D eigenvalue weighted by Crippen LogP contribution is -2.00. The molecule has 1 rings (SSSR count). The average Bonchev–Trinajstić information content (AvgIpc) is 2.09. The monoisotopic (exact) mass is 203 g/mol. The highest BCUT2D eigenvalue weighted by Crippen LogP contribution is 2.25. The van der Waals surface area contributed by atoms with Gasteiger partial charge < -0.3 is 10.8 Å². The van der Waals surface area contributed by atoms with Crippen molar-refractivity contribution in [2.45, 2.75) is 12.8 Å². The van der Waals surface area contributed by atoms with Gasteiger partial charge in [-0.2, -0.15) is 0 Å². The van der Waals surface area contributed by atoms with Crippen LogP contribution in [0, 0.1) is 5.82 Å². The van der Waals surface area contributed by atoms with E-state index in [9.17, 15) is 9.50 Å². The van der Waals surface area contributed by atoms with Gasteiger partial charge in [0.2, 0.25) is 0 Å². The highest BCUT2D eigenvalue weighted by atomic mass is 35.5. The Hall–Kier alpha value is -0.800. The first-order chi connectivity index (χ1) is 6.15. The van der Waals surface area contributed by atoms with Gasteiger partial charge in [-0.15, -0.1) is 0 Å². The molecule has 0 fully saturated rings. The third-order valence-electron chi connectivity index (χ3n) is 1.77. The standard InChI is InChI=1S/C9H11ClFNO/c10-7-5-9(13)6(2-1-3-12)4-8(7)11/h4-5,13H,1-3,12H2. The van der Waals surface area contributed by atoms with Crippen molar-refractivity contribution in [2.75, 3.05) is 6.54 Å². The molecule has 0 atom stereocenters. The Labute approximate surface area is 81.1 Å². The number of aromatic hydroxyl groups is 1. The van der Waals surface area contributed by atoms with Crippen molar-refractivity contribution in [3.8, 4) is 5.75 Å². The molecule has 0 heterocycles. The van der Waals surface area contributed by atoms with Crippen LogP contribution >= 0.6 is 11.6 Å². The largest absolute Gasteiger partial charge is 0.508 e. The number of phenols is 1. The Morgan fingerprint density at radius 2 is 2.15 bits per heavy atom. The Balaban J connectivity index is 2.88. The molecule has 0 spiro atoms. The summed E-state index contributed by atoms with van der Waals surface area (Å²) in [6.07, 6.45) is 1.28. The molecule has 2 nitrogen and oxygen atoms in total. The molecule has 4 heteroatoms. The third kappa shape index (κ3) is 2.57. The van der Waals surface area contributed by atoms with Crippen LogP contribution in [0.25, 0.3) is 0 Å². The van der Waals surface area contributed by atoms with Crippen molar-refractivity contribution in [3.05, 3.63) is 28.5 Å². The summed E-state index contributed by atoms with van der Waals surface area (Å²) >= 11 is 5.46. The van der Waals surface area contributed by atoms with E-state index < -0.39 is 5.82 Å². The van der Waals surface area contributed by atoms with Crippen molar-refractivity contribution < 1.29 is 9.50 Å². The van der Waals surface area contributed by atoms with Crippen LogP contribution in [0.4, 0.5) is 4.39 Å². The second kappa shape index (κ2) is 4.44. The zero-order valence-corrected chi connectivity index (χ0v) is 7.81. The van der Waals surface area contributed by atoms with Gasteiger partial charge in [0.15, 0.2) is 0 Å². The van der Waals surface area contributed by atoms with E-state index in [1.165, 1.54) is 12.1 Å². The Kier molecular flexibility index (Phi) is 3.51. The Morgan fingerprint density at radius 1 is 1.46 bits per heavy atom. The van der Waals surface area contributed by atoms with E-state index in [0.717, 1.165) is 0 Å². The molecule has 0 radical (unpaired) electrons. The van der Waals surface area contributed by atoms with Crippen LogP contribution in [0.15, 0.2) is 12.1 Å². The zero-order chi connectivity index (χ0) is 9.84. The molecular weight excluding hydrogens is 193 g/mol. The minimum atomic E-state index is -0.508. The molecule has 0 aromatic heterocycles. The van der Waals surface area contributed by atoms with E-state index in [0.29, 0.717) is 24.9 Å². The SMILES string of the molecule is NCCCc1cc(F)c(Cl)cc1O. The summed E-state index contributed by atoms with van der Waals surface area (Å²) in [5, 5.41) is 9.29. The smallest absolute Gasteiger partial charge is 0.142 e. The molecule has 0 aliphatic carbocycles. The van der Waals surface area contributed by atoms with Crippen molar-refractivity contribution in [2.24, 2.45) is 5.73 Å². The van der Waals surface area contributed by atoms with Crippen molar-refractivity contribution in [3.63, 3.8) is 0 Å². The molecular formula is C9H11ClFNO. The van der Waals surface area contributed by atoms with Crippen LogP contribution in [-0.2, 0) is 6.42 Å². The number of aryl methyl sites for hydroxylation is 1. The van der Waals surface area contributed by atoms with E-state index in [2.05, 4.69) is 0 Å². The van der Waals surface area contributed by atoms with E-state index in [1.807, 2.05) is 0 Å². The van der Waals surface area contributed by atoms with Gasteiger partial charge in [-0.1, -0.05) is 11.6 Å². The van der Waals surface area contributed by atoms with Gasteiger partial charge in [0.1, 0.15) is 11.6 Å². The molecule has 0 saturated carbocycles. The van der Waals surface area contributed by atoms with Crippen molar-refractivity contribution in [1.82, 2.24) is 0 Å². The predicted octanol–water partition coefficient (Wildman–Crippen LogP) is 2.08. The molecule has 0 aliphatic heterocycles. The molecule has 72 valence electrons. The summed E-state index contributed by atoms with van der Waals surface area (Å²) < 4.78 is 12.9.